The monoisotopic (exact) mass is 326 g/mol. The third kappa shape index (κ3) is 3.13. The quantitative estimate of drug-likeness (QED) is 0.501. The summed E-state index contributed by atoms with van der Waals surface area (Å²) >= 11 is 0. The van der Waals surface area contributed by atoms with E-state index in [0.717, 1.165) is 12.1 Å². The number of anilines is 2. The molecule has 0 aliphatic carbocycles. The number of benzene rings is 2. The summed E-state index contributed by atoms with van der Waals surface area (Å²) < 4.78 is 41.1. The predicted octanol–water partition coefficient (Wildman–Crippen LogP) is 3.57. The molecule has 0 unspecified atom stereocenters. The third-order valence-corrected chi connectivity index (χ3v) is 3.78. The molecule has 2 aromatic carbocycles. The van der Waals surface area contributed by atoms with Crippen LogP contribution in [0, 0.1) is 13.8 Å². The van der Waals surface area contributed by atoms with Gasteiger partial charge in [-0.25, -0.2) is 0 Å². The van der Waals surface area contributed by atoms with Crippen molar-refractivity contribution in [3.63, 3.8) is 0 Å². The maximum absolute atomic E-state index is 13.7. The first-order valence-electron chi connectivity index (χ1n) is 6.77. The Morgan fingerprint density at radius 2 is 1.17 bits per heavy atom. The van der Waals surface area contributed by atoms with E-state index in [1.54, 1.807) is 0 Å². The first-order chi connectivity index (χ1) is 10.5. The average Bonchev–Trinajstić information content (AvgIpc) is 2.40. The van der Waals surface area contributed by atoms with Gasteiger partial charge >= 0.3 is 6.18 Å². The number of hydrogen-bond donors (Lipinski definition) is 4. The molecule has 23 heavy (non-hydrogen) atoms. The highest BCUT2D eigenvalue weighted by Crippen LogP contribution is 2.45. The van der Waals surface area contributed by atoms with Crippen LogP contribution in [0.4, 0.5) is 24.5 Å². The van der Waals surface area contributed by atoms with Crippen LogP contribution in [0.25, 0.3) is 0 Å². The van der Waals surface area contributed by atoms with Gasteiger partial charge in [-0.15, -0.1) is 0 Å². The molecule has 0 aliphatic rings. The zero-order valence-electron chi connectivity index (χ0n) is 12.6. The van der Waals surface area contributed by atoms with Crippen molar-refractivity contribution in [1.82, 2.24) is 0 Å². The van der Waals surface area contributed by atoms with Crippen LogP contribution in [0.3, 0.4) is 0 Å². The Hall–Kier alpha value is -2.57. The van der Waals surface area contributed by atoms with Gasteiger partial charge in [-0.1, -0.05) is 0 Å². The van der Waals surface area contributed by atoms with Gasteiger partial charge in [0.15, 0.2) is 0 Å². The largest absolute Gasteiger partial charge is 0.506 e. The first-order valence-corrected chi connectivity index (χ1v) is 6.77. The lowest BCUT2D eigenvalue weighted by Gasteiger charge is -2.25. The Labute approximate surface area is 131 Å². The lowest BCUT2D eigenvalue weighted by atomic mass is 9.85. The van der Waals surface area contributed by atoms with Gasteiger partial charge in [-0.2, -0.15) is 13.2 Å². The van der Waals surface area contributed by atoms with Crippen LogP contribution >= 0.6 is 0 Å². The number of aromatic hydroxyl groups is 2. The van der Waals surface area contributed by atoms with Crippen molar-refractivity contribution in [3.8, 4) is 11.5 Å². The summed E-state index contributed by atoms with van der Waals surface area (Å²) in [5.41, 5.74) is 11.2. The van der Waals surface area contributed by atoms with Crippen LogP contribution in [-0.2, 0) is 0 Å². The van der Waals surface area contributed by atoms with Crippen molar-refractivity contribution in [1.29, 1.82) is 0 Å². The van der Waals surface area contributed by atoms with E-state index in [-0.39, 0.29) is 45.1 Å². The molecule has 0 radical (unpaired) electrons. The van der Waals surface area contributed by atoms with Gasteiger partial charge in [0.05, 0.1) is 11.4 Å². The van der Waals surface area contributed by atoms with Crippen LogP contribution in [0.5, 0.6) is 11.5 Å². The number of nitrogens with two attached hydrogens (primary N) is 2. The molecule has 0 aliphatic heterocycles. The normalized spacial score (nSPS) is 11.9. The van der Waals surface area contributed by atoms with E-state index in [4.69, 9.17) is 11.5 Å². The van der Waals surface area contributed by atoms with E-state index in [9.17, 15) is 23.4 Å². The SMILES string of the molecule is Cc1cc(O)c(N)cc1C(c1cc(N)c(O)cc1C)C(F)(F)F. The molecule has 2 aromatic rings. The molecule has 0 spiro atoms. The topological polar surface area (TPSA) is 92.5 Å². The minimum absolute atomic E-state index is 0.0685. The predicted molar refractivity (Wildman–Crippen MR) is 82.4 cm³/mol. The van der Waals surface area contributed by atoms with Gasteiger partial charge in [-0.05, 0) is 60.4 Å². The highest BCUT2D eigenvalue weighted by Gasteiger charge is 2.43. The number of alkyl halides is 3. The summed E-state index contributed by atoms with van der Waals surface area (Å²) in [5.74, 6) is -2.50. The zero-order chi connectivity index (χ0) is 17.5. The van der Waals surface area contributed by atoms with Crippen molar-refractivity contribution >= 4 is 11.4 Å². The number of halogens is 3. The highest BCUT2D eigenvalue weighted by molar-refractivity contribution is 5.61. The molecule has 0 aromatic heterocycles. The highest BCUT2D eigenvalue weighted by atomic mass is 19.4. The fourth-order valence-electron chi connectivity index (χ4n) is 2.60. The van der Waals surface area contributed by atoms with E-state index < -0.39 is 12.1 Å². The van der Waals surface area contributed by atoms with E-state index in [1.807, 2.05) is 0 Å². The van der Waals surface area contributed by atoms with Gasteiger partial charge in [0.25, 0.3) is 0 Å². The van der Waals surface area contributed by atoms with Crippen LogP contribution in [0.15, 0.2) is 24.3 Å². The number of rotatable bonds is 2. The number of hydrogen-bond acceptors (Lipinski definition) is 4. The second-order valence-electron chi connectivity index (χ2n) is 5.51. The molecule has 0 saturated carbocycles. The van der Waals surface area contributed by atoms with Crippen LogP contribution in [0.2, 0.25) is 0 Å². The molecular weight excluding hydrogens is 309 g/mol. The maximum atomic E-state index is 13.7. The van der Waals surface area contributed by atoms with Crippen molar-refractivity contribution in [3.05, 3.63) is 46.5 Å². The summed E-state index contributed by atoms with van der Waals surface area (Å²) in [5, 5.41) is 19.1. The van der Waals surface area contributed by atoms with E-state index >= 15 is 0 Å². The van der Waals surface area contributed by atoms with Gasteiger partial charge in [0.2, 0.25) is 0 Å². The smallest absolute Gasteiger partial charge is 0.399 e. The number of phenolic OH excluding ortho intramolecular Hbond substituents is 2. The van der Waals surface area contributed by atoms with E-state index in [2.05, 4.69) is 0 Å². The Balaban J connectivity index is 2.74. The summed E-state index contributed by atoms with van der Waals surface area (Å²) in [4.78, 5) is 0. The fraction of sp³-hybridized carbons (Fsp3) is 0.250. The number of nitrogen functional groups attached to an aromatic ring is 2. The van der Waals surface area contributed by atoms with Gasteiger partial charge in [-0.3, -0.25) is 0 Å². The third-order valence-electron chi connectivity index (χ3n) is 3.78. The average molecular weight is 326 g/mol. The molecule has 4 nitrogen and oxygen atoms in total. The molecule has 7 heteroatoms. The Morgan fingerprint density at radius 1 is 0.826 bits per heavy atom. The van der Waals surface area contributed by atoms with Crippen LogP contribution in [0.1, 0.15) is 28.2 Å². The molecule has 6 N–H and O–H groups in total. The van der Waals surface area contributed by atoms with Crippen LogP contribution < -0.4 is 11.5 Å². The summed E-state index contributed by atoms with van der Waals surface area (Å²) in [6.07, 6.45) is -4.59. The second kappa shape index (κ2) is 5.57. The fourth-order valence-corrected chi connectivity index (χ4v) is 2.60. The van der Waals surface area contributed by atoms with Crippen molar-refractivity contribution < 1.29 is 23.4 Å². The molecule has 0 bridgehead atoms. The Morgan fingerprint density at radius 3 is 1.48 bits per heavy atom. The molecule has 0 atom stereocenters. The Bertz CT molecular complexity index is 700. The lowest BCUT2D eigenvalue weighted by molar-refractivity contribution is -0.141. The van der Waals surface area contributed by atoms with Gasteiger partial charge in [0, 0.05) is 0 Å². The molecule has 0 saturated heterocycles. The zero-order valence-corrected chi connectivity index (χ0v) is 12.6. The number of aryl methyl sites for hydroxylation is 2. The van der Waals surface area contributed by atoms with Crippen molar-refractivity contribution in [2.75, 3.05) is 11.5 Å². The molecule has 0 heterocycles. The lowest BCUT2D eigenvalue weighted by Crippen LogP contribution is -2.24. The van der Waals surface area contributed by atoms with Gasteiger partial charge < -0.3 is 21.7 Å². The van der Waals surface area contributed by atoms with Crippen molar-refractivity contribution in [2.24, 2.45) is 0 Å². The van der Waals surface area contributed by atoms with Crippen LogP contribution in [-0.4, -0.2) is 16.4 Å². The molecule has 0 amide bonds. The minimum Gasteiger partial charge on any atom is -0.506 e. The number of phenols is 2. The van der Waals surface area contributed by atoms with E-state index in [1.165, 1.54) is 26.0 Å². The second-order valence-corrected chi connectivity index (χ2v) is 5.51. The van der Waals surface area contributed by atoms with E-state index in [0.29, 0.717) is 0 Å². The maximum Gasteiger partial charge on any atom is 0.399 e. The van der Waals surface area contributed by atoms with Gasteiger partial charge in [0.1, 0.15) is 17.4 Å². The summed E-state index contributed by atoms with van der Waals surface area (Å²) in [7, 11) is 0. The standard InChI is InChI=1S/C16H17F3N2O2/c1-7-3-13(22)11(20)5-9(7)15(16(17,18)19)10-6-12(21)14(23)4-8(10)2/h3-6,15,22-23H,20-21H2,1-2H3. The first kappa shape index (κ1) is 16.8. The minimum atomic E-state index is -4.59. The summed E-state index contributed by atoms with van der Waals surface area (Å²) in [6.45, 7) is 2.93. The van der Waals surface area contributed by atoms with Crippen molar-refractivity contribution in [2.45, 2.75) is 25.9 Å². The molecular formula is C16H17F3N2O2. The molecule has 2 rings (SSSR count). The molecule has 0 fully saturated rings. The Kier molecular flexibility index (Phi) is 4.07. The molecule has 124 valence electrons. The summed E-state index contributed by atoms with van der Waals surface area (Å²) in [6, 6.07) is 4.63.